The number of hydrogen-bond acceptors (Lipinski definition) is 5. The SMILES string of the molecule is COC(=O)C(C)(C)CC(N)c1ccc(OC)c(OC)c1. The van der Waals surface area contributed by atoms with Crippen molar-refractivity contribution in [1.29, 1.82) is 0 Å². The van der Waals surface area contributed by atoms with Crippen LogP contribution in [-0.2, 0) is 9.53 Å². The van der Waals surface area contributed by atoms with Gasteiger partial charge in [0, 0.05) is 6.04 Å². The van der Waals surface area contributed by atoms with Crippen molar-refractivity contribution in [3.05, 3.63) is 23.8 Å². The van der Waals surface area contributed by atoms with E-state index < -0.39 is 5.41 Å². The maximum absolute atomic E-state index is 11.7. The molecule has 1 aromatic rings. The molecule has 5 nitrogen and oxygen atoms in total. The lowest BCUT2D eigenvalue weighted by Crippen LogP contribution is -2.30. The molecular weight excluding hydrogens is 258 g/mol. The molecule has 5 heteroatoms. The molecule has 0 aliphatic rings. The van der Waals surface area contributed by atoms with Gasteiger partial charge in [0.05, 0.1) is 26.7 Å². The van der Waals surface area contributed by atoms with E-state index in [-0.39, 0.29) is 12.0 Å². The highest BCUT2D eigenvalue weighted by Crippen LogP contribution is 2.34. The fourth-order valence-corrected chi connectivity index (χ4v) is 2.11. The predicted molar refractivity (Wildman–Crippen MR) is 76.9 cm³/mol. The number of esters is 1. The standard InChI is InChI=1S/C15H23NO4/c1-15(2,14(17)20-5)9-11(16)10-6-7-12(18-3)13(8-10)19-4/h6-8,11H,9,16H2,1-5H3. The lowest BCUT2D eigenvalue weighted by Gasteiger charge is -2.25. The maximum Gasteiger partial charge on any atom is 0.311 e. The number of methoxy groups -OCH3 is 3. The Bertz CT molecular complexity index is 471. The van der Waals surface area contributed by atoms with Gasteiger partial charge >= 0.3 is 5.97 Å². The van der Waals surface area contributed by atoms with Crippen molar-refractivity contribution in [3.63, 3.8) is 0 Å². The van der Waals surface area contributed by atoms with Crippen LogP contribution in [0.1, 0.15) is 31.9 Å². The summed E-state index contributed by atoms with van der Waals surface area (Å²) >= 11 is 0. The molecule has 1 atom stereocenters. The molecule has 1 unspecified atom stereocenters. The summed E-state index contributed by atoms with van der Waals surface area (Å²) in [5.74, 6) is 1.00. The topological polar surface area (TPSA) is 70.8 Å². The number of rotatable bonds is 6. The van der Waals surface area contributed by atoms with E-state index in [4.69, 9.17) is 19.9 Å². The van der Waals surface area contributed by atoms with Crippen LogP contribution in [0.15, 0.2) is 18.2 Å². The van der Waals surface area contributed by atoms with Gasteiger partial charge in [0.2, 0.25) is 0 Å². The third kappa shape index (κ3) is 3.63. The summed E-state index contributed by atoms with van der Waals surface area (Å²) in [6.07, 6.45) is 0.481. The molecule has 0 fully saturated rings. The zero-order valence-electron chi connectivity index (χ0n) is 12.7. The second-order valence-corrected chi connectivity index (χ2v) is 5.30. The average molecular weight is 281 g/mol. The second kappa shape index (κ2) is 6.61. The highest BCUT2D eigenvalue weighted by molar-refractivity contribution is 5.75. The molecule has 0 saturated heterocycles. The average Bonchev–Trinajstić information content (AvgIpc) is 2.44. The zero-order valence-corrected chi connectivity index (χ0v) is 12.7. The Morgan fingerprint density at radius 1 is 1.20 bits per heavy atom. The molecule has 0 aliphatic carbocycles. The van der Waals surface area contributed by atoms with Crippen molar-refractivity contribution in [1.82, 2.24) is 0 Å². The van der Waals surface area contributed by atoms with Crippen LogP contribution in [0.5, 0.6) is 11.5 Å². The van der Waals surface area contributed by atoms with Crippen molar-refractivity contribution in [2.24, 2.45) is 11.1 Å². The molecule has 1 rings (SSSR count). The van der Waals surface area contributed by atoms with E-state index in [1.807, 2.05) is 26.0 Å². The van der Waals surface area contributed by atoms with Crippen molar-refractivity contribution < 1.29 is 19.0 Å². The molecule has 20 heavy (non-hydrogen) atoms. The summed E-state index contributed by atoms with van der Waals surface area (Å²) < 4.78 is 15.2. The molecule has 0 aliphatic heterocycles. The Hall–Kier alpha value is -1.75. The summed E-state index contributed by atoms with van der Waals surface area (Å²) in [5.41, 5.74) is 6.44. The molecule has 0 radical (unpaired) electrons. The number of nitrogens with two attached hydrogens (primary N) is 1. The number of hydrogen-bond donors (Lipinski definition) is 1. The third-order valence-corrected chi connectivity index (χ3v) is 3.30. The van der Waals surface area contributed by atoms with E-state index in [1.165, 1.54) is 7.11 Å². The Morgan fingerprint density at radius 3 is 2.30 bits per heavy atom. The monoisotopic (exact) mass is 281 g/mol. The first-order chi connectivity index (χ1) is 9.35. The van der Waals surface area contributed by atoms with Crippen LogP contribution in [0.4, 0.5) is 0 Å². The highest BCUT2D eigenvalue weighted by atomic mass is 16.5. The maximum atomic E-state index is 11.7. The molecule has 0 spiro atoms. The molecular formula is C15H23NO4. The smallest absolute Gasteiger partial charge is 0.311 e. The van der Waals surface area contributed by atoms with Crippen LogP contribution >= 0.6 is 0 Å². The van der Waals surface area contributed by atoms with E-state index in [0.717, 1.165) is 5.56 Å². The lowest BCUT2D eigenvalue weighted by molar-refractivity contribution is -0.151. The van der Waals surface area contributed by atoms with Crippen LogP contribution < -0.4 is 15.2 Å². The van der Waals surface area contributed by atoms with Crippen LogP contribution in [-0.4, -0.2) is 27.3 Å². The Labute approximate surface area is 120 Å². The van der Waals surface area contributed by atoms with Crippen molar-refractivity contribution in [2.75, 3.05) is 21.3 Å². The van der Waals surface area contributed by atoms with Crippen LogP contribution in [0.3, 0.4) is 0 Å². The van der Waals surface area contributed by atoms with Crippen molar-refractivity contribution >= 4 is 5.97 Å². The molecule has 0 heterocycles. The minimum atomic E-state index is -0.638. The van der Waals surface area contributed by atoms with Gasteiger partial charge in [-0.15, -0.1) is 0 Å². The summed E-state index contributed by atoms with van der Waals surface area (Å²) in [6, 6.07) is 5.22. The number of carbonyl (C=O) groups is 1. The number of ether oxygens (including phenoxy) is 3. The Morgan fingerprint density at radius 2 is 1.80 bits per heavy atom. The van der Waals surface area contributed by atoms with E-state index in [2.05, 4.69) is 0 Å². The van der Waals surface area contributed by atoms with Gasteiger partial charge < -0.3 is 19.9 Å². The second-order valence-electron chi connectivity index (χ2n) is 5.30. The molecule has 1 aromatic carbocycles. The van der Waals surface area contributed by atoms with Crippen molar-refractivity contribution in [2.45, 2.75) is 26.3 Å². The van der Waals surface area contributed by atoms with Gasteiger partial charge in [0.15, 0.2) is 11.5 Å². The number of benzene rings is 1. The van der Waals surface area contributed by atoms with Crippen LogP contribution in [0.25, 0.3) is 0 Å². The van der Waals surface area contributed by atoms with Gasteiger partial charge in [-0.05, 0) is 38.0 Å². The molecule has 0 aromatic heterocycles. The Kier molecular flexibility index (Phi) is 5.39. The first-order valence-electron chi connectivity index (χ1n) is 6.41. The van der Waals surface area contributed by atoms with E-state index >= 15 is 0 Å². The Balaban J connectivity index is 2.92. The van der Waals surface area contributed by atoms with Crippen molar-refractivity contribution in [3.8, 4) is 11.5 Å². The fourth-order valence-electron chi connectivity index (χ4n) is 2.11. The van der Waals surface area contributed by atoms with E-state index in [1.54, 1.807) is 20.3 Å². The summed E-state index contributed by atoms with van der Waals surface area (Å²) in [6.45, 7) is 3.64. The summed E-state index contributed by atoms with van der Waals surface area (Å²) in [4.78, 5) is 11.7. The fraction of sp³-hybridized carbons (Fsp3) is 0.533. The van der Waals surface area contributed by atoms with Crippen LogP contribution in [0, 0.1) is 5.41 Å². The van der Waals surface area contributed by atoms with Crippen LogP contribution in [0.2, 0.25) is 0 Å². The molecule has 2 N–H and O–H groups in total. The molecule has 0 amide bonds. The predicted octanol–water partition coefficient (Wildman–Crippen LogP) is 2.29. The van der Waals surface area contributed by atoms with E-state index in [0.29, 0.717) is 17.9 Å². The number of carbonyl (C=O) groups excluding carboxylic acids is 1. The summed E-state index contributed by atoms with van der Waals surface area (Å²) in [5, 5.41) is 0. The van der Waals surface area contributed by atoms with Gasteiger partial charge in [-0.3, -0.25) is 4.79 Å². The minimum absolute atomic E-state index is 0.270. The highest BCUT2D eigenvalue weighted by Gasteiger charge is 2.31. The van der Waals surface area contributed by atoms with Gasteiger partial charge in [0.1, 0.15) is 0 Å². The summed E-state index contributed by atoms with van der Waals surface area (Å²) in [7, 11) is 4.54. The third-order valence-electron chi connectivity index (χ3n) is 3.30. The molecule has 112 valence electrons. The zero-order chi connectivity index (χ0) is 15.3. The molecule has 0 saturated carbocycles. The quantitative estimate of drug-likeness (QED) is 0.810. The minimum Gasteiger partial charge on any atom is -0.493 e. The van der Waals surface area contributed by atoms with Gasteiger partial charge in [-0.1, -0.05) is 6.07 Å². The van der Waals surface area contributed by atoms with Gasteiger partial charge in [-0.25, -0.2) is 0 Å². The largest absolute Gasteiger partial charge is 0.493 e. The first-order valence-corrected chi connectivity index (χ1v) is 6.41. The van der Waals surface area contributed by atoms with Gasteiger partial charge in [0.25, 0.3) is 0 Å². The van der Waals surface area contributed by atoms with E-state index in [9.17, 15) is 4.79 Å². The lowest BCUT2D eigenvalue weighted by atomic mass is 9.84. The normalized spacial score (nSPS) is 12.7. The first kappa shape index (κ1) is 16.3. The molecule has 0 bridgehead atoms. The van der Waals surface area contributed by atoms with Gasteiger partial charge in [-0.2, -0.15) is 0 Å².